The average Bonchev–Trinajstić information content (AvgIpc) is 2.90. The summed E-state index contributed by atoms with van der Waals surface area (Å²) in [7, 11) is 1.00. The van der Waals surface area contributed by atoms with Gasteiger partial charge in [0.1, 0.15) is 0 Å². The number of hydrogen-bond acceptors (Lipinski definition) is 2. The molecule has 4 heteroatoms. The number of benzene rings is 1. The zero-order chi connectivity index (χ0) is 14.5. The van der Waals surface area contributed by atoms with E-state index in [0.717, 1.165) is 12.1 Å². The average molecular weight is 293 g/mol. The van der Waals surface area contributed by atoms with Crippen LogP contribution in [0.3, 0.4) is 0 Å². The molecule has 3 nitrogen and oxygen atoms in total. The summed E-state index contributed by atoms with van der Waals surface area (Å²) in [6.07, 6.45) is 6.76. The summed E-state index contributed by atoms with van der Waals surface area (Å²) in [5.41, 5.74) is 1.67. The van der Waals surface area contributed by atoms with Crippen LogP contribution in [0.4, 0.5) is 0 Å². The third kappa shape index (κ3) is 4.17. The van der Waals surface area contributed by atoms with Crippen LogP contribution in [0.5, 0.6) is 0 Å². The molecule has 1 fully saturated rings. The molecule has 1 aliphatic rings. The van der Waals surface area contributed by atoms with Crippen molar-refractivity contribution in [2.75, 3.05) is 19.8 Å². The highest BCUT2D eigenvalue weighted by atomic mass is 32.2. The zero-order valence-electron chi connectivity index (χ0n) is 12.3. The third-order valence-electron chi connectivity index (χ3n) is 3.90. The van der Waals surface area contributed by atoms with Gasteiger partial charge in [-0.2, -0.15) is 0 Å². The van der Waals surface area contributed by atoms with E-state index in [4.69, 9.17) is 0 Å². The highest BCUT2D eigenvalue weighted by molar-refractivity contribution is 7.83. The van der Waals surface area contributed by atoms with E-state index in [1.54, 1.807) is 6.26 Å². The molecule has 2 rings (SSSR count). The minimum atomic E-state index is -0.877. The van der Waals surface area contributed by atoms with Crippen molar-refractivity contribution in [3.8, 4) is 0 Å². The second kappa shape index (κ2) is 7.02. The Morgan fingerprint density at radius 3 is 2.70 bits per heavy atom. The van der Waals surface area contributed by atoms with E-state index in [-0.39, 0.29) is 5.91 Å². The smallest absolute Gasteiger partial charge is 0.253 e. The Morgan fingerprint density at radius 2 is 2.05 bits per heavy atom. The van der Waals surface area contributed by atoms with Crippen LogP contribution in [0.1, 0.15) is 41.6 Å². The van der Waals surface area contributed by atoms with E-state index in [9.17, 15) is 9.00 Å². The molecule has 0 saturated heterocycles. The van der Waals surface area contributed by atoms with Gasteiger partial charge in [0.25, 0.3) is 5.91 Å². The molecule has 0 aromatic heterocycles. The maximum Gasteiger partial charge on any atom is 0.253 e. The Balaban J connectivity index is 2.01. The number of nitrogens with zero attached hydrogens (tertiary/aromatic N) is 1. The molecule has 0 unspecified atom stereocenters. The number of carbonyl (C=O) groups excluding carboxylic acids is 1. The Hall–Kier alpha value is -1.16. The van der Waals surface area contributed by atoms with Gasteiger partial charge in [-0.15, -0.1) is 0 Å². The summed E-state index contributed by atoms with van der Waals surface area (Å²) in [6.45, 7) is 0.850. The van der Waals surface area contributed by atoms with Crippen LogP contribution < -0.4 is 0 Å². The fraction of sp³-hybridized carbons (Fsp3) is 0.562. The van der Waals surface area contributed by atoms with Gasteiger partial charge in [0.2, 0.25) is 0 Å². The molecule has 0 spiro atoms. The van der Waals surface area contributed by atoms with Gasteiger partial charge in [-0.3, -0.25) is 9.00 Å². The van der Waals surface area contributed by atoms with Gasteiger partial charge in [0.15, 0.2) is 0 Å². The normalized spacial score (nSPS) is 17.1. The zero-order valence-corrected chi connectivity index (χ0v) is 13.1. The molecular weight excluding hydrogens is 270 g/mol. The molecule has 1 amide bonds. The molecule has 0 bridgehead atoms. The van der Waals surface area contributed by atoms with Crippen LogP contribution in [-0.4, -0.2) is 34.9 Å². The summed E-state index contributed by atoms with van der Waals surface area (Å²) < 4.78 is 11.3. The highest BCUT2D eigenvalue weighted by Crippen LogP contribution is 2.25. The molecule has 1 atom stereocenters. The largest absolute Gasteiger partial charge is 0.341 e. The standard InChI is InChI=1S/C16H23NO2S/c1-17(11-13-6-3-4-7-13)16(18)15-9-5-8-14(10-15)12-20(2)19/h5,8-10,13H,3-4,6-7,11-12H2,1-2H3/t20-/m1/s1. The minimum absolute atomic E-state index is 0.0700. The fourth-order valence-corrected chi connectivity index (χ4v) is 3.56. The van der Waals surface area contributed by atoms with Crippen LogP contribution in [0.25, 0.3) is 0 Å². The number of hydrogen-bond donors (Lipinski definition) is 0. The number of rotatable bonds is 5. The minimum Gasteiger partial charge on any atom is -0.341 e. The van der Waals surface area contributed by atoms with Crippen LogP contribution in [0, 0.1) is 5.92 Å². The second-order valence-electron chi connectivity index (χ2n) is 5.75. The second-order valence-corrected chi connectivity index (χ2v) is 7.19. The van der Waals surface area contributed by atoms with Crippen molar-refractivity contribution in [1.29, 1.82) is 0 Å². The van der Waals surface area contributed by atoms with E-state index in [1.165, 1.54) is 25.7 Å². The lowest BCUT2D eigenvalue weighted by atomic mass is 10.1. The third-order valence-corrected chi connectivity index (χ3v) is 4.64. The first-order valence-electron chi connectivity index (χ1n) is 7.20. The summed E-state index contributed by atoms with van der Waals surface area (Å²) >= 11 is 0. The van der Waals surface area contributed by atoms with Crippen molar-refractivity contribution in [2.45, 2.75) is 31.4 Å². The lowest BCUT2D eigenvalue weighted by Crippen LogP contribution is -2.31. The predicted octanol–water partition coefficient (Wildman–Crippen LogP) is 2.83. The van der Waals surface area contributed by atoms with Crippen molar-refractivity contribution in [2.24, 2.45) is 5.92 Å². The molecule has 0 N–H and O–H groups in total. The molecule has 1 aromatic carbocycles. The van der Waals surface area contributed by atoms with Gasteiger partial charge in [-0.05, 0) is 36.5 Å². The first-order valence-corrected chi connectivity index (χ1v) is 8.93. The van der Waals surface area contributed by atoms with E-state index >= 15 is 0 Å². The highest BCUT2D eigenvalue weighted by Gasteiger charge is 2.20. The lowest BCUT2D eigenvalue weighted by molar-refractivity contribution is 0.0773. The van der Waals surface area contributed by atoms with Crippen molar-refractivity contribution >= 4 is 16.7 Å². The number of carbonyl (C=O) groups is 1. The topological polar surface area (TPSA) is 37.4 Å². The molecule has 0 heterocycles. The van der Waals surface area contributed by atoms with Crippen LogP contribution in [0.15, 0.2) is 24.3 Å². The fourth-order valence-electron chi connectivity index (χ4n) is 2.91. The monoisotopic (exact) mass is 293 g/mol. The summed E-state index contributed by atoms with van der Waals surface area (Å²) in [4.78, 5) is 14.3. The van der Waals surface area contributed by atoms with Crippen molar-refractivity contribution in [1.82, 2.24) is 4.90 Å². The van der Waals surface area contributed by atoms with Gasteiger partial charge in [0.05, 0.1) is 0 Å². The van der Waals surface area contributed by atoms with Gasteiger partial charge in [0, 0.05) is 42.0 Å². The summed E-state index contributed by atoms with van der Waals surface area (Å²) in [6, 6.07) is 7.51. The predicted molar refractivity (Wildman–Crippen MR) is 83.1 cm³/mol. The molecule has 0 radical (unpaired) electrons. The van der Waals surface area contributed by atoms with Crippen LogP contribution >= 0.6 is 0 Å². The molecule has 1 aliphatic carbocycles. The molecule has 0 aliphatic heterocycles. The van der Waals surface area contributed by atoms with Gasteiger partial charge >= 0.3 is 0 Å². The maximum absolute atomic E-state index is 12.4. The van der Waals surface area contributed by atoms with E-state index in [2.05, 4.69) is 0 Å². The molecule has 1 aromatic rings. The Bertz CT molecular complexity index is 495. The van der Waals surface area contributed by atoms with E-state index in [1.807, 2.05) is 36.2 Å². The van der Waals surface area contributed by atoms with Crippen molar-refractivity contribution in [3.05, 3.63) is 35.4 Å². The molecule has 20 heavy (non-hydrogen) atoms. The SMILES string of the molecule is CN(CC1CCCC1)C(=O)c1cccc(C[S@@](C)=O)c1. The first-order chi connectivity index (χ1) is 9.56. The summed E-state index contributed by atoms with van der Waals surface area (Å²) in [5.74, 6) is 1.24. The van der Waals surface area contributed by atoms with Crippen LogP contribution in [0.2, 0.25) is 0 Å². The molecule has 110 valence electrons. The summed E-state index contributed by atoms with van der Waals surface area (Å²) in [5, 5.41) is 0. The first kappa shape index (κ1) is 15.2. The van der Waals surface area contributed by atoms with Gasteiger partial charge < -0.3 is 4.90 Å². The number of amides is 1. The quantitative estimate of drug-likeness (QED) is 0.837. The van der Waals surface area contributed by atoms with E-state index in [0.29, 0.717) is 17.2 Å². The van der Waals surface area contributed by atoms with Crippen LogP contribution in [-0.2, 0) is 16.6 Å². The Morgan fingerprint density at radius 1 is 1.35 bits per heavy atom. The Kier molecular flexibility index (Phi) is 5.35. The molecular formula is C16H23NO2S. The Labute approximate surface area is 123 Å². The van der Waals surface area contributed by atoms with Gasteiger partial charge in [-0.25, -0.2) is 0 Å². The van der Waals surface area contributed by atoms with E-state index < -0.39 is 10.8 Å². The maximum atomic E-state index is 12.4. The molecule has 1 saturated carbocycles. The van der Waals surface area contributed by atoms with Crippen molar-refractivity contribution < 1.29 is 9.00 Å². The van der Waals surface area contributed by atoms with Gasteiger partial charge in [-0.1, -0.05) is 25.0 Å². The lowest BCUT2D eigenvalue weighted by Gasteiger charge is -2.21. The van der Waals surface area contributed by atoms with Crippen molar-refractivity contribution in [3.63, 3.8) is 0 Å².